The maximum atomic E-state index is 12.3. The van der Waals surface area contributed by atoms with E-state index in [4.69, 9.17) is 10.5 Å². The van der Waals surface area contributed by atoms with Gasteiger partial charge in [0, 0.05) is 5.38 Å². The van der Waals surface area contributed by atoms with Crippen molar-refractivity contribution in [1.29, 1.82) is 0 Å². The van der Waals surface area contributed by atoms with Crippen LogP contribution in [-0.2, 0) is 9.63 Å². The van der Waals surface area contributed by atoms with E-state index in [1.807, 2.05) is 0 Å². The highest BCUT2D eigenvalue weighted by atomic mass is 32.1. The first kappa shape index (κ1) is 14.7. The van der Waals surface area contributed by atoms with Crippen LogP contribution >= 0.6 is 11.3 Å². The van der Waals surface area contributed by atoms with Gasteiger partial charge in [-0.15, -0.1) is 16.4 Å². The van der Waals surface area contributed by atoms with Crippen LogP contribution in [0.2, 0.25) is 0 Å². The highest BCUT2D eigenvalue weighted by Crippen LogP contribution is 2.23. The van der Waals surface area contributed by atoms with E-state index in [-0.39, 0.29) is 27.8 Å². The summed E-state index contributed by atoms with van der Waals surface area (Å²) in [4.78, 5) is 21.5. The Kier molecular flexibility index (Phi) is 3.76. The number of nitrogens with zero attached hydrogens (tertiary/aromatic N) is 5. The second-order valence-electron chi connectivity index (χ2n) is 4.19. The molecule has 0 fully saturated rings. The van der Waals surface area contributed by atoms with Crippen molar-refractivity contribution in [3.8, 4) is 5.75 Å². The molecule has 0 saturated heterocycles. The fourth-order valence-corrected chi connectivity index (χ4v) is 2.36. The van der Waals surface area contributed by atoms with E-state index in [1.165, 1.54) is 13.2 Å². The molecule has 0 aliphatic carbocycles. The van der Waals surface area contributed by atoms with E-state index >= 15 is 0 Å². The van der Waals surface area contributed by atoms with Crippen molar-refractivity contribution >= 4 is 39.2 Å². The number of carbonyl (C=O) groups is 1. The first-order valence-corrected chi connectivity index (χ1v) is 7.06. The lowest BCUT2D eigenvalue weighted by Crippen LogP contribution is -2.22. The van der Waals surface area contributed by atoms with E-state index in [9.17, 15) is 10.0 Å². The number of hydrogen-bond acceptors (Lipinski definition) is 10. The smallest absolute Gasteiger partial charge is 0.368 e. The Balaban J connectivity index is 1.94. The zero-order valence-corrected chi connectivity index (χ0v) is 12.5. The highest BCUT2D eigenvalue weighted by molar-refractivity contribution is 7.13. The Morgan fingerprint density at radius 2 is 2.30 bits per heavy atom. The highest BCUT2D eigenvalue weighted by Gasteiger charge is 2.22. The molecule has 3 aromatic rings. The molecule has 2 heterocycles. The van der Waals surface area contributed by atoms with Gasteiger partial charge in [-0.05, 0) is 17.3 Å². The van der Waals surface area contributed by atoms with E-state index in [2.05, 4.69) is 25.3 Å². The minimum Gasteiger partial charge on any atom is -0.419 e. The van der Waals surface area contributed by atoms with Gasteiger partial charge in [-0.3, -0.25) is 0 Å². The molecule has 0 aliphatic heterocycles. The zero-order valence-electron chi connectivity index (χ0n) is 11.7. The normalized spacial score (nSPS) is 11.6. The monoisotopic (exact) mass is 334 g/mol. The number of benzene rings is 1. The Morgan fingerprint density at radius 1 is 1.48 bits per heavy atom. The number of hydrogen-bond donors (Lipinski definition) is 2. The number of oxime groups is 1. The van der Waals surface area contributed by atoms with E-state index in [1.54, 1.807) is 17.5 Å². The molecule has 0 saturated carbocycles. The molecule has 1 aromatic carbocycles. The Bertz CT molecular complexity index is 902. The summed E-state index contributed by atoms with van der Waals surface area (Å²) in [7, 11) is 1.29. The van der Waals surface area contributed by atoms with Crippen LogP contribution < -0.4 is 10.5 Å². The second kappa shape index (κ2) is 5.88. The third kappa shape index (κ3) is 2.76. The van der Waals surface area contributed by atoms with Crippen LogP contribution in [0.5, 0.6) is 5.75 Å². The van der Waals surface area contributed by atoms with Gasteiger partial charge in [-0.1, -0.05) is 16.1 Å². The molecule has 3 rings (SSSR count). The summed E-state index contributed by atoms with van der Waals surface area (Å²) >= 11 is 1.15. The molecule has 0 unspecified atom stereocenters. The number of ether oxygens (including phenoxy) is 1. The van der Waals surface area contributed by atoms with Gasteiger partial charge in [0.15, 0.2) is 16.4 Å². The number of rotatable bonds is 4. The number of esters is 1. The summed E-state index contributed by atoms with van der Waals surface area (Å²) < 4.78 is 5.27. The number of nitrogens with two attached hydrogens (primary N) is 1. The van der Waals surface area contributed by atoms with Gasteiger partial charge in [0.2, 0.25) is 5.71 Å². The fourth-order valence-electron chi connectivity index (χ4n) is 1.81. The molecule has 3 N–H and O–H groups in total. The average molecular weight is 334 g/mol. The number of nitrogen functional groups attached to an aromatic ring is 1. The van der Waals surface area contributed by atoms with E-state index in [0.29, 0.717) is 10.4 Å². The number of anilines is 1. The summed E-state index contributed by atoms with van der Waals surface area (Å²) in [6.07, 6.45) is 0. The van der Waals surface area contributed by atoms with Crippen molar-refractivity contribution in [2.45, 2.75) is 0 Å². The summed E-state index contributed by atoms with van der Waals surface area (Å²) in [6.45, 7) is 0. The average Bonchev–Trinajstić information content (AvgIpc) is 3.12. The molecule has 0 atom stereocenters. The van der Waals surface area contributed by atoms with Crippen LogP contribution in [0.4, 0.5) is 5.13 Å². The summed E-state index contributed by atoms with van der Waals surface area (Å²) in [5.41, 5.74) is 6.15. The summed E-state index contributed by atoms with van der Waals surface area (Å²) in [5, 5.41) is 22.1. The molecule has 10 nitrogen and oxygen atoms in total. The molecule has 0 bridgehead atoms. The lowest BCUT2D eigenvalue weighted by molar-refractivity contribution is -0.127. The van der Waals surface area contributed by atoms with Crippen molar-refractivity contribution in [2.75, 3.05) is 12.8 Å². The van der Waals surface area contributed by atoms with Crippen molar-refractivity contribution in [1.82, 2.24) is 20.1 Å². The maximum Gasteiger partial charge on any atom is 0.368 e. The quantitative estimate of drug-likeness (QED) is 0.233. The predicted molar refractivity (Wildman–Crippen MR) is 80.4 cm³/mol. The molecular weight excluding hydrogens is 324 g/mol. The topological polar surface area (TPSA) is 138 Å². The van der Waals surface area contributed by atoms with Crippen LogP contribution in [0, 0.1) is 0 Å². The molecular formula is C12H10N6O4S. The van der Waals surface area contributed by atoms with Gasteiger partial charge in [-0.2, -0.15) is 0 Å². The summed E-state index contributed by atoms with van der Waals surface area (Å²) in [5.74, 6) is -0.697. The molecule has 0 radical (unpaired) electrons. The number of thiazole rings is 1. The lowest BCUT2D eigenvalue weighted by Gasteiger charge is -2.05. The minimum atomic E-state index is -0.808. The molecule has 0 aliphatic rings. The van der Waals surface area contributed by atoms with Gasteiger partial charge in [-0.25, -0.2) is 9.78 Å². The zero-order chi connectivity index (χ0) is 16.4. The van der Waals surface area contributed by atoms with Crippen molar-refractivity contribution < 1.29 is 19.6 Å². The number of aromatic nitrogens is 4. The molecule has 118 valence electrons. The molecule has 0 amide bonds. The Hall–Kier alpha value is -3.21. The van der Waals surface area contributed by atoms with Gasteiger partial charge < -0.3 is 20.5 Å². The number of carbonyl (C=O) groups excluding carboxylic acids is 1. The third-order valence-corrected chi connectivity index (χ3v) is 3.44. The molecule has 23 heavy (non-hydrogen) atoms. The second-order valence-corrected chi connectivity index (χ2v) is 5.08. The van der Waals surface area contributed by atoms with Crippen molar-refractivity contribution in [3.63, 3.8) is 0 Å². The van der Waals surface area contributed by atoms with Crippen LogP contribution in [-0.4, -0.2) is 44.1 Å². The van der Waals surface area contributed by atoms with Crippen molar-refractivity contribution in [2.24, 2.45) is 5.16 Å². The van der Waals surface area contributed by atoms with E-state index in [0.717, 1.165) is 11.3 Å². The summed E-state index contributed by atoms with van der Waals surface area (Å²) in [6, 6.07) is 4.65. The standard InChI is InChI=1S/C12H10N6O4S/c1-21-16-9(6-5-23-12(13)14-6)11(19)22-8-4-2-3-7-10(8)15-17-18(7)20/h2-5,20H,1H3,(H2,13,14)/b16-9-. The van der Waals surface area contributed by atoms with Gasteiger partial charge >= 0.3 is 5.97 Å². The van der Waals surface area contributed by atoms with Crippen molar-refractivity contribution in [3.05, 3.63) is 29.3 Å². The van der Waals surface area contributed by atoms with Gasteiger partial charge in [0.05, 0.1) is 0 Å². The van der Waals surface area contributed by atoms with Crippen LogP contribution in [0.1, 0.15) is 5.69 Å². The van der Waals surface area contributed by atoms with Crippen LogP contribution in [0.3, 0.4) is 0 Å². The maximum absolute atomic E-state index is 12.3. The molecule has 2 aromatic heterocycles. The molecule has 11 heteroatoms. The van der Waals surface area contributed by atoms with Crippen LogP contribution in [0.15, 0.2) is 28.7 Å². The lowest BCUT2D eigenvalue weighted by atomic mass is 10.3. The fraction of sp³-hybridized carbons (Fsp3) is 0.0833. The Labute approximate surface area is 132 Å². The van der Waals surface area contributed by atoms with Gasteiger partial charge in [0.25, 0.3) is 0 Å². The van der Waals surface area contributed by atoms with Crippen LogP contribution in [0.25, 0.3) is 11.0 Å². The number of fused-ring (bicyclic) bond motifs is 1. The first-order valence-electron chi connectivity index (χ1n) is 6.18. The molecule has 0 spiro atoms. The first-order chi connectivity index (χ1) is 11.1. The largest absolute Gasteiger partial charge is 0.419 e. The van der Waals surface area contributed by atoms with E-state index < -0.39 is 5.97 Å². The predicted octanol–water partition coefficient (Wildman–Crippen LogP) is 0.663. The SMILES string of the molecule is CO/N=C(\C(=O)Oc1cccc2c1nnn2O)c1csc(N)n1. The van der Waals surface area contributed by atoms with Gasteiger partial charge in [0.1, 0.15) is 18.3 Å². The third-order valence-electron chi connectivity index (χ3n) is 2.77. The Morgan fingerprint density at radius 3 is 3.00 bits per heavy atom. The minimum absolute atomic E-state index is 0.111.